The van der Waals surface area contributed by atoms with Crippen LogP contribution in [0, 0.1) is 5.92 Å². The lowest BCUT2D eigenvalue weighted by molar-refractivity contribution is -0.119. The van der Waals surface area contributed by atoms with E-state index in [-0.39, 0.29) is 16.7 Å². The van der Waals surface area contributed by atoms with Crippen LogP contribution in [0.1, 0.15) is 12.5 Å². The Kier molecular flexibility index (Phi) is 4.29. The summed E-state index contributed by atoms with van der Waals surface area (Å²) in [5.74, 6) is -0.274. The molecule has 1 amide bonds. The third-order valence-corrected chi connectivity index (χ3v) is 5.10. The Balaban J connectivity index is 2.03. The van der Waals surface area contributed by atoms with Crippen LogP contribution in [0.5, 0.6) is 0 Å². The molecular weight excluding hydrogens is 326 g/mol. The minimum absolute atomic E-state index is 0.0512. The van der Waals surface area contributed by atoms with Gasteiger partial charge in [-0.15, -0.1) is 0 Å². The maximum absolute atomic E-state index is 12.1. The topological polar surface area (TPSA) is 92.5 Å². The highest BCUT2D eigenvalue weighted by Gasteiger charge is 2.26. The number of fused-ring (bicyclic) bond motifs is 1. The van der Waals surface area contributed by atoms with Crippen molar-refractivity contribution in [1.29, 1.82) is 0 Å². The van der Waals surface area contributed by atoms with Gasteiger partial charge < -0.3 is 10.2 Å². The van der Waals surface area contributed by atoms with Crippen molar-refractivity contribution in [2.75, 3.05) is 16.8 Å². The van der Waals surface area contributed by atoms with E-state index in [1.54, 1.807) is 18.2 Å². The Hall–Kier alpha value is -2.38. The molecule has 0 saturated carbocycles. The van der Waals surface area contributed by atoms with Crippen LogP contribution in [-0.2, 0) is 21.4 Å². The molecule has 0 fully saturated rings. The van der Waals surface area contributed by atoms with Crippen LogP contribution < -0.4 is 15.4 Å². The molecule has 3 N–H and O–H groups in total. The van der Waals surface area contributed by atoms with Gasteiger partial charge in [-0.1, -0.05) is 37.3 Å². The van der Waals surface area contributed by atoms with Gasteiger partial charge in [0.25, 0.3) is 0 Å². The van der Waals surface area contributed by atoms with E-state index in [0.717, 1.165) is 11.4 Å². The molecule has 0 saturated heterocycles. The molecule has 0 bridgehead atoms. The lowest BCUT2D eigenvalue weighted by atomic mass is 10.1. The summed E-state index contributed by atoms with van der Waals surface area (Å²) in [5, 5.41) is 8.23. The second-order valence-electron chi connectivity index (χ2n) is 5.94. The lowest BCUT2D eigenvalue weighted by Gasteiger charge is -2.26. The van der Waals surface area contributed by atoms with Gasteiger partial charge in [-0.3, -0.25) is 4.79 Å². The van der Waals surface area contributed by atoms with Crippen LogP contribution in [0.4, 0.5) is 11.4 Å². The first-order chi connectivity index (χ1) is 11.4. The molecule has 1 atom stereocenters. The van der Waals surface area contributed by atoms with Crippen LogP contribution in [0.2, 0.25) is 0 Å². The molecule has 0 aliphatic carbocycles. The first kappa shape index (κ1) is 16.5. The summed E-state index contributed by atoms with van der Waals surface area (Å²) >= 11 is 0. The molecule has 2 aromatic rings. The number of anilines is 2. The minimum atomic E-state index is -3.80. The molecule has 24 heavy (non-hydrogen) atoms. The second-order valence-corrected chi connectivity index (χ2v) is 7.47. The molecule has 0 radical (unpaired) electrons. The van der Waals surface area contributed by atoms with E-state index in [1.807, 2.05) is 36.1 Å². The Morgan fingerprint density at radius 1 is 1.17 bits per heavy atom. The van der Waals surface area contributed by atoms with E-state index in [1.165, 1.54) is 6.07 Å². The molecule has 1 aliphatic rings. The number of para-hydroxylation sites is 2. The van der Waals surface area contributed by atoms with E-state index >= 15 is 0 Å². The number of sulfonamides is 1. The molecule has 1 unspecified atom stereocenters. The second kappa shape index (κ2) is 6.26. The highest BCUT2D eigenvalue weighted by molar-refractivity contribution is 7.89. The maximum Gasteiger partial charge on any atom is 0.238 e. The summed E-state index contributed by atoms with van der Waals surface area (Å²) in [6, 6.07) is 14.2. The van der Waals surface area contributed by atoms with Gasteiger partial charge in [-0.25, -0.2) is 13.6 Å². The number of nitrogens with one attached hydrogen (secondary N) is 1. The van der Waals surface area contributed by atoms with Gasteiger partial charge in [0.1, 0.15) is 0 Å². The van der Waals surface area contributed by atoms with Crippen molar-refractivity contribution in [2.24, 2.45) is 11.1 Å². The van der Waals surface area contributed by atoms with Gasteiger partial charge in [0.2, 0.25) is 15.9 Å². The molecule has 0 spiro atoms. The Labute approximate surface area is 141 Å². The predicted molar refractivity (Wildman–Crippen MR) is 93.1 cm³/mol. The van der Waals surface area contributed by atoms with Crippen LogP contribution in [-0.4, -0.2) is 20.9 Å². The molecule has 2 aromatic carbocycles. The zero-order valence-electron chi connectivity index (χ0n) is 13.3. The Morgan fingerprint density at radius 2 is 1.83 bits per heavy atom. The van der Waals surface area contributed by atoms with Crippen LogP contribution >= 0.6 is 0 Å². The zero-order chi connectivity index (χ0) is 17.3. The van der Waals surface area contributed by atoms with E-state index < -0.39 is 10.0 Å². The first-order valence-electron chi connectivity index (χ1n) is 7.62. The molecule has 1 heterocycles. The number of carbonyl (C=O) groups excluding carboxylic acids is 1. The summed E-state index contributed by atoms with van der Waals surface area (Å²) in [5.41, 5.74) is 2.19. The highest BCUT2D eigenvalue weighted by atomic mass is 32.2. The van der Waals surface area contributed by atoms with Gasteiger partial charge in [0.05, 0.1) is 22.2 Å². The average molecular weight is 345 g/mol. The highest BCUT2D eigenvalue weighted by Crippen LogP contribution is 2.31. The molecule has 7 heteroatoms. The van der Waals surface area contributed by atoms with Gasteiger partial charge in [-0.2, -0.15) is 0 Å². The number of benzene rings is 2. The molecule has 6 nitrogen and oxygen atoms in total. The summed E-state index contributed by atoms with van der Waals surface area (Å²) in [4.78, 5) is 14.3. The van der Waals surface area contributed by atoms with Crippen molar-refractivity contribution in [3.05, 3.63) is 54.1 Å². The Bertz CT molecular complexity index is 880. The average Bonchev–Trinajstić information content (AvgIpc) is 2.65. The van der Waals surface area contributed by atoms with E-state index in [2.05, 4.69) is 5.32 Å². The summed E-state index contributed by atoms with van der Waals surface area (Å²) < 4.78 is 23.6. The number of amides is 1. The summed E-state index contributed by atoms with van der Waals surface area (Å²) in [6.07, 6.45) is 0. The third-order valence-electron chi connectivity index (χ3n) is 4.08. The SMILES string of the molecule is CC1CN(Cc2ccccc2S(N)(=O)=O)c2ccccc2NC1=O. The number of rotatable bonds is 3. The minimum Gasteiger partial charge on any atom is -0.365 e. The smallest absolute Gasteiger partial charge is 0.238 e. The fourth-order valence-corrected chi connectivity index (χ4v) is 3.66. The number of hydrogen-bond donors (Lipinski definition) is 2. The van der Waals surface area contributed by atoms with E-state index in [0.29, 0.717) is 18.7 Å². The van der Waals surface area contributed by atoms with Crippen molar-refractivity contribution in [1.82, 2.24) is 0 Å². The molecule has 0 aromatic heterocycles. The van der Waals surface area contributed by atoms with Crippen molar-refractivity contribution in [3.8, 4) is 0 Å². The number of carbonyl (C=O) groups is 1. The fourth-order valence-electron chi connectivity index (χ4n) is 2.89. The first-order valence-corrected chi connectivity index (χ1v) is 9.16. The summed E-state index contributed by atoms with van der Waals surface area (Å²) in [6.45, 7) is 2.69. The third kappa shape index (κ3) is 3.27. The molecular formula is C17H19N3O3S. The van der Waals surface area contributed by atoms with Crippen molar-refractivity contribution < 1.29 is 13.2 Å². The van der Waals surface area contributed by atoms with Crippen LogP contribution in [0.3, 0.4) is 0 Å². The largest absolute Gasteiger partial charge is 0.365 e. The number of nitrogens with zero attached hydrogens (tertiary/aromatic N) is 1. The van der Waals surface area contributed by atoms with Crippen molar-refractivity contribution >= 4 is 27.3 Å². The molecule has 1 aliphatic heterocycles. The van der Waals surface area contributed by atoms with Crippen LogP contribution in [0.15, 0.2) is 53.4 Å². The van der Waals surface area contributed by atoms with Gasteiger partial charge in [0.15, 0.2) is 0 Å². The Morgan fingerprint density at radius 3 is 2.58 bits per heavy atom. The lowest BCUT2D eigenvalue weighted by Crippen LogP contribution is -2.31. The summed E-state index contributed by atoms with van der Waals surface area (Å²) in [7, 11) is -3.80. The van der Waals surface area contributed by atoms with Crippen molar-refractivity contribution in [2.45, 2.75) is 18.4 Å². The van der Waals surface area contributed by atoms with Gasteiger partial charge in [-0.05, 0) is 23.8 Å². The maximum atomic E-state index is 12.1. The van der Waals surface area contributed by atoms with Gasteiger partial charge >= 0.3 is 0 Å². The van der Waals surface area contributed by atoms with E-state index in [9.17, 15) is 13.2 Å². The molecule has 3 rings (SSSR count). The number of hydrogen-bond acceptors (Lipinski definition) is 4. The quantitative estimate of drug-likeness (QED) is 0.889. The fraction of sp³-hybridized carbons (Fsp3) is 0.235. The van der Waals surface area contributed by atoms with E-state index in [4.69, 9.17) is 5.14 Å². The number of nitrogens with two attached hydrogens (primary N) is 1. The van der Waals surface area contributed by atoms with Crippen molar-refractivity contribution in [3.63, 3.8) is 0 Å². The number of primary sulfonamides is 1. The van der Waals surface area contributed by atoms with Crippen LogP contribution in [0.25, 0.3) is 0 Å². The normalized spacial score (nSPS) is 17.8. The molecule has 126 valence electrons. The standard InChI is InChI=1S/C17H19N3O3S/c1-12-10-20(15-8-4-3-7-14(15)19-17(12)21)11-13-6-2-5-9-16(13)24(18,22)23/h2-9,12H,10-11H2,1H3,(H,19,21)(H2,18,22,23). The predicted octanol–water partition coefficient (Wildman–Crippen LogP) is 1.93. The monoisotopic (exact) mass is 345 g/mol. The van der Waals surface area contributed by atoms with Gasteiger partial charge in [0, 0.05) is 13.1 Å². The zero-order valence-corrected chi connectivity index (χ0v) is 14.1.